The number of rotatable bonds is 4. The van der Waals surface area contributed by atoms with Crippen LogP contribution in [0.15, 0.2) is 42.5 Å². The second kappa shape index (κ2) is 6.45. The predicted octanol–water partition coefficient (Wildman–Crippen LogP) is 3.50. The SMILES string of the molecule is N#Cc1cc(-c2ccc([N+](=O)[O-])cc2[N+](=O)[O-])c2ccc([N+](=O)[O-])cc2n1. The molecule has 132 valence electrons. The van der Waals surface area contributed by atoms with Gasteiger partial charge in [-0.2, -0.15) is 5.26 Å². The number of hydrogen-bond donors (Lipinski definition) is 0. The highest BCUT2D eigenvalue weighted by Crippen LogP contribution is 2.37. The van der Waals surface area contributed by atoms with Crippen molar-refractivity contribution >= 4 is 28.0 Å². The van der Waals surface area contributed by atoms with Gasteiger partial charge in [0.1, 0.15) is 11.8 Å². The van der Waals surface area contributed by atoms with Crippen molar-refractivity contribution in [2.75, 3.05) is 0 Å². The van der Waals surface area contributed by atoms with Crippen LogP contribution in [-0.4, -0.2) is 19.8 Å². The van der Waals surface area contributed by atoms with Crippen LogP contribution in [0.1, 0.15) is 5.69 Å². The third-order valence-corrected chi connectivity index (χ3v) is 3.80. The van der Waals surface area contributed by atoms with Gasteiger partial charge in [-0.3, -0.25) is 30.3 Å². The minimum absolute atomic E-state index is 0.0309. The standard InChI is InChI=1S/C16H7N5O6/c17-8-9-5-14(12-3-1-10(19(22)23)6-15(12)18-9)13-4-2-11(20(24)25)7-16(13)21(26)27/h1-7H. The van der Waals surface area contributed by atoms with E-state index in [0.717, 1.165) is 18.2 Å². The smallest absolute Gasteiger partial charge is 0.258 e. The fourth-order valence-corrected chi connectivity index (χ4v) is 2.62. The molecule has 0 radical (unpaired) electrons. The Bertz CT molecular complexity index is 1180. The third-order valence-electron chi connectivity index (χ3n) is 3.80. The predicted molar refractivity (Wildman–Crippen MR) is 91.9 cm³/mol. The van der Waals surface area contributed by atoms with Gasteiger partial charge < -0.3 is 0 Å². The van der Waals surface area contributed by atoms with Gasteiger partial charge in [0, 0.05) is 29.1 Å². The zero-order chi connectivity index (χ0) is 19.7. The molecular formula is C16H7N5O6. The number of aromatic nitrogens is 1. The van der Waals surface area contributed by atoms with Gasteiger partial charge in [-0.1, -0.05) is 0 Å². The first-order valence-corrected chi connectivity index (χ1v) is 7.24. The van der Waals surface area contributed by atoms with Crippen molar-refractivity contribution in [3.8, 4) is 17.2 Å². The minimum atomic E-state index is -0.772. The Morgan fingerprint density at radius 3 is 2.04 bits per heavy atom. The van der Waals surface area contributed by atoms with Crippen LogP contribution in [0.2, 0.25) is 0 Å². The van der Waals surface area contributed by atoms with Crippen LogP contribution in [0, 0.1) is 41.7 Å². The average Bonchev–Trinajstić information content (AvgIpc) is 2.65. The first kappa shape index (κ1) is 17.4. The van der Waals surface area contributed by atoms with Crippen LogP contribution < -0.4 is 0 Å². The summed E-state index contributed by atoms with van der Waals surface area (Å²) < 4.78 is 0. The summed E-state index contributed by atoms with van der Waals surface area (Å²) in [7, 11) is 0. The Kier molecular flexibility index (Phi) is 4.15. The molecule has 2 aromatic carbocycles. The molecule has 11 nitrogen and oxygen atoms in total. The molecule has 0 atom stereocenters. The molecule has 0 aliphatic rings. The molecule has 1 heterocycles. The first-order valence-electron chi connectivity index (χ1n) is 7.24. The fraction of sp³-hybridized carbons (Fsp3) is 0. The second-order valence-corrected chi connectivity index (χ2v) is 5.34. The summed E-state index contributed by atoms with van der Waals surface area (Å²) in [5.74, 6) is 0. The molecule has 0 saturated heterocycles. The topological polar surface area (TPSA) is 166 Å². The van der Waals surface area contributed by atoms with Gasteiger partial charge in [-0.25, -0.2) is 4.98 Å². The fourth-order valence-electron chi connectivity index (χ4n) is 2.62. The molecule has 1 aromatic heterocycles. The molecule has 0 unspecified atom stereocenters. The number of nitrogens with zero attached hydrogens (tertiary/aromatic N) is 5. The molecular weight excluding hydrogens is 358 g/mol. The molecule has 0 spiro atoms. The summed E-state index contributed by atoms with van der Waals surface area (Å²) in [5, 5.41) is 42.8. The van der Waals surface area contributed by atoms with Gasteiger partial charge in [0.2, 0.25) is 0 Å². The highest BCUT2D eigenvalue weighted by atomic mass is 16.6. The lowest BCUT2D eigenvalue weighted by Crippen LogP contribution is -1.97. The van der Waals surface area contributed by atoms with Crippen molar-refractivity contribution < 1.29 is 14.8 Å². The number of hydrogen-bond acceptors (Lipinski definition) is 8. The van der Waals surface area contributed by atoms with Gasteiger partial charge in [-0.05, 0) is 18.2 Å². The van der Waals surface area contributed by atoms with Crippen LogP contribution in [0.25, 0.3) is 22.0 Å². The second-order valence-electron chi connectivity index (χ2n) is 5.34. The lowest BCUT2D eigenvalue weighted by Gasteiger charge is -2.08. The minimum Gasteiger partial charge on any atom is -0.258 e. The summed E-state index contributed by atoms with van der Waals surface area (Å²) >= 11 is 0. The van der Waals surface area contributed by atoms with Crippen molar-refractivity contribution in [1.82, 2.24) is 4.98 Å². The van der Waals surface area contributed by atoms with Crippen molar-refractivity contribution in [3.63, 3.8) is 0 Å². The number of nitro benzene ring substituents is 3. The monoisotopic (exact) mass is 365 g/mol. The van der Waals surface area contributed by atoms with Gasteiger partial charge in [0.25, 0.3) is 17.1 Å². The molecule has 0 aliphatic heterocycles. The van der Waals surface area contributed by atoms with E-state index in [1.54, 1.807) is 6.07 Å². The van der Waals surface area contributed by atoms with Crippen LogP contribution in [0.4, 0.5) is 17.1 Å². The van der Waals surface area contributed by atoms with Crippen molar-refractivity contribution in [1.29, 1.82) is 5.26 Å². The quantitative estimate of drug-likeness (QED) is 0.500. The zero-order valence-corrected chi connectivity index (χ0v) is 13.2. The van der Waals surface area contributed by atoms with E-state index < -0.39 is 26.1 Å². The Morgan fingerprint density at radius 1 is 0.815 bits per heavy atom. The number of non-ortho nitro benzene ring substituents is 2. The largest absolute Gasteiger partial charge is 0.284 e. The van der Waals surface area contributed by atoms with Gasteiger partial charge in [0.15, 0.2) is 0 Å². The van der Waals surface area contributed by atoms with E-state index in [9.17, 15) is 35.6 Å². The van der Waals surface area contributed by atoms with Crippen LogP contribution in [0.3, 0.4) is 0 Å². The molecule has 3 aromatic rings. The Morgan fingerprint density at radius 2 is 1.44 bits per heavy atom. The van der Waals surface area contributed by atoms with Crippen LogP contribution >= 0.6 is 0 Å². The number of nitro groups is 3. The highest BCUT2D eigenvalue weighted by molar-refractivity contribution is 5.98. The molecule has 0 fully saturated rings. The van der Waals surface area contributed by atoms with Gasteiger partial charge in [0.05, 0.1) is 31.9 Å². The molecule has 0 N–H and O–H groups in total. The number of nitriles is 1. The number of pyridine rings is 1. The van der Waals surface area contributed by atoms with E-state index in [1.165, 1.54) is 24.3 Å². The number of benzene rings is 2. The summed E-state index contributed by atoms with van der Waals surface area (Å²) in [6.45, 7) is 0. The lowest BCUT2D eigenvalue weighted by atomic mass is 9.98. The van der Waals surface area contributed by atoms with Gasteiger partial charge >= 0.3 is 0 Å². The number of fused-ring (bicyclic) bond motifs is 1. The van der Waals surface area contributed by atoms with Crippen LogP contribution in [0.5, 0.6) is 0 Å². The summed E-state index contributed by atoms with van der Waals surface area (Å²) in [6, 6.07) is 9.93. The summed E-state index contributed by atoms with van der Waals surface area (Å²) in [6.07, 6.45) is 0. The Hall–Kier alpha value is -4.46. The maximum absolute atomic E-state index is 11.4. The van der Waals surface area contributed by atoms with E-state index >= 15 is 0 Å². The first-order chi connectivity index (χ1) is 12.8. The van der Waals surface area contributed by atoms with E-state index in [2.05, 4.69) is 4.98 Å². The Balaban J connectivity index is 2.37. The van der Waals surface area contributed by atoms with E-state index in [1.807, 2.05) is 0 Å². The lowest BCUT2D eigenvalue weighted by molar-refractivity contribution is -0.393. The third kappa shape index (κ3) is 3.10. The molecule has 27 heavy (non-hydrogen) atoms. The molecule has 0 amide bonds. The maximum atomic E-state index is 11.4. The van der Waals surface area contributed by atoms with Crippen LogP contribution in [-0.2, 0) is 0 Å². The van der Waals surface area contributed by atoms with Crippen molar-refractivity contribution in [2.45, 2.75) is 0 Å². The molecule has 0 bridgehead atoms. The van der Waals surface area contributed by atoms with E-state index in [4.69, 9.17) is 0 Å². The van der Waals surface area contributed by atoms with Crippen molar-refractivity contribution in [2.24, 2.45) is 0 Å². The van der Waals surface area contributed by atoms with Gasteiger partial charge in [-0.15, -0.1) is 0 Å². The normalized spacial score (nSPS) is 10.3. The van der Waals surface area contributed by atoms with Crippen molar-refractivity contribution in [3.05, 3.63) is 78.5 Å². The van der Waals surface area contributed by atoms with E-state index in [-0.39, 0.29) is 28.0 Å². The molecule has 0 saturated carbocycles. The molecule has 3 rings (SSSR count). The van der Waals surface area contributed by atoms with E-state index in [0.29, 0.717) is 5.39 Å². The average molecular weight is 365 g/mol. The highest BCUT2D eigenvalue weighted by Gasteiger charge is 2.23. The Labute approximate surface area is 149 Å². The maximum Gasteiger partial charge on any atom is 0.284 e. The summed E-state index contributed by atoms with van der Waals surface area (Å²) in [4.78, 5) is 35.1. The zero-order valence-electron chi connectivity index (χ0n) is 13.2. The molecule has 0 aliphatic carbocycles. The molecule has 11 heteroatoms. The summed E-state index contributed by atoms with van der Waals surface area (Å²) in [5.41, 5.74) is -0.999.